The van der Waals surface area contributed by atoms with Gasteiger partial charge in [0.25, 0.3) is 0 Å². The van der Waals surface area contributed by atoms with E-state index < -0.39 is 0 Å². The van der Waals surface area contributed by atoms with Crippen molar-refractivity contribution in [2.45, 2.75) is 18.0 Å². The average Bonchev–Trinajstić information content (AvgIpc) is 3.27. The third-order valence-corrected chi connectivity index (χ3v) is 8.00. The Morgan fingerprint density at radius 2 is 1.89 bits per heavy atom. The molecule has 1 spiro atoms. The fourth-order valence-corrected chi connectivity index (χ4v) is 6.33. The molecule has 0 saturated carbocycles. The molecule has 1 atom stereocenters. The van der Waals surface area contributed by atoms with Gasteiger partial charge in [-0.3, -0.25) is 14.6 Å². The summed E-state index contributed by atoms with van der Waals surface area (Å²) < 4.78 is 10.9. The summed E-state index contributed by atoms with van der Waals surface area (Å²) in [6.45, 7) is 6.31. The SMILES string of the molecule is COc1ccc2c3c([nH]c2c1)[C@@H](CO)N(C(=O)CN1CCOCC1)CC31CN(Cc2ccccc2)C1. The summed E-state index contributed by atoms with van der Waals surface area (Å²) in [6, 6.07) is 16.3. The van der Waals surface area contributed by atoms with E-state index in [-0.39, 0.29) is 24.0 Å². The number of nitrogens with zero attached hydrogens (tertiary/aromatic N) is 3. The maximum atomic E-state index is 13.6. The van der Waals surface area contributed by atoms with Crippen molar-refractivity contribution in [3.8, 4) is 5.75 Å². The van der Waals surface area contributed by atoms with Crippen LogP contribution < -0.4 is 4.74 Å². The van der Waals surface area contributed by atoms with E-state index in [0.29, 0.717) is 26.3 Å². The van der Waals surface area contributed by atoms with Gasteiger partial charge in [0, 0.05) is 67.3 Å². The third kappa shape index (κ3) is 4.08. The van der Waals surface area contributed by atoms with E-state index in [1.165, 1.54) is 11.1 Å². The normalized spacial score (nSPS) is 21.9. The Balaban J connectivity index is 1.35. The molecule has 8 heteroatoms. The van der Waals surface area contributed by atoms with Gasteiger partial charge in [0.1, 0.15) is 5.75 Å². The van der Waals surface area contributed by atoms with Crippen LogP contribution in [0.15, 0.2) is 48.5 Å². The minimum atomic E-state index is -0.388. The molecule has 0 unspecified atom stereocenters. The lowest BCUT2D eigenvalue weighted by Crippen LogP contribution is -2.67. The van der Waals surface area contributed by atoms with Gasteiger partial charge in [0.05, 0.1) is 39.5 Å². The Morgan fingerprint density at radius 3 is 2.61 bits per heavy atom. The molecular weight excluding hydrogens is 456 g/mol. The molecule has 0 radical (unpaired) electrons. The molecule has 2 saturated heterocycles. The number of aromatic nitrogens is 1. The van der Waals surface area contributed by atoms with Crippen LogP contribution in [0.3, 0.4) is 0 Å². The molecule has 1 amide bonds. The third-order valence-electron chi connectivity index (χ3n) is 8.00. The van der Waals surface area contributed by atoms with Crippen molar-refractivity contribution in [1.82, 2.24) is 19.7 Å². The number of carbonyl (C=O) groups excluding carboxylic acids is 1. The van der Waals surface area contributed by atoms with Gasteiger partial charge in [-0.05, 0) is 23.3 Å². The van der Waals surface area contributed by atoms with Crippen molar-refractivity contribution >= 4 is 16.8 Å². The predicted molar refractivity (Wildman–Crippen MR) is 137 cm³/mol. The number of benzene rings is 2. The van der Waals surface area contributed by atoms with Gasteiger partial charge in [-0.25, -0.2) is 0 Å². The van der Waals surface area contributed by atoms with Crippen LogP contribution in [0.4, 0.5) is 0 Å². The maximum Gasteiger partial charge on any atom is 0.237 e. The molecule has 2 aromatic carbocycles. The first kappa shape index (κ1) is 23.5. The zero-order valence-electron chi connectivity index (χ0n) is 20.8. The molecule has 3 aliphatic rings. The van der Waals surface area contributed by atoms with E-state index in [1.807, 2.05) is 23.1 Å². The van der Waals surface area contributed by atoms with Gasteiger partial charge >= 0.3 is 0 Å². The van der Waals surface area contributed by atoms with Crippen molar-refractivity contribution in [3.63, 3.8) is 0 Å². The Labute approximate surface area is 211 Å². The number of fused-ring (bicyclic) bond motifs is 4. The molecule has 2 N–H and O–H groups in total. The maximum absolute atomic E-state index is 13.6. The topological polar surface area (TPSA) is 81.3 Å². The number of aromatic amines is 1. The van der Waals surface area contributed by atoms with Crippen molar-refractivity contribution in [3.05, 3.63) is 65.4 Å². The average molecular weight is 491 g/mol. The number of methoxy groups -OCH3 is 1. The molecule has 0 aliphatic carbocycles. The van der Waals surface area contributed by atoms with Gasteiger partial charge in [-0.2, -0.15) is 0 Å². The number of morpholine rings is 1. The van der Waals surface area contributed by atoms with Crippen LogP contribution in [0.25, 0.3) is 10.9 Å². The molecule has 1 aromatic heterocycles. The molecular formula is C28H34N4O4. The zero-order valence-corrected chi connectivity index (χ0v) is 20.8. The fourth-order valence-electron chi connectivity index (χ4n) is 6.33. The second-order valence-corrected chi connectivity index (χ2v) is 10.3. The van der Waals surface area contributed by atoms with Gasteiger partial charge in [0.15, 0.2) is 0 Å². The van der Waals surface area contributed by atoms with Crippen molar-refractivity contribution in [1.29, 1.82) is 0 Å². The number of aliphatic hydroxyl groups is 1. The number of aliphatic hydroxyl groups excluding tert-OH is 1. The van der Waals surface area contributed by atoms with E-state index >= 15 is 0 Å². The molecule has 4 heterocycles. The second-order valence-electron chi connectivity index (χ2n) is 10.3. The van der Waals surface area contributed by atoms with Crippen LogP contribution in [0, 0.1) is 0 Å². The summed E-state index contributed by atoms with van der Waals surface area (Å²) in [7, 11) is 1.67. The molecule has 8 nitrogen and oxygen atoms in total. The number of ether oxygens (including phenoxy) is 2. The van der Waals surface area contributed by atoms with Crippen LogP contribution >= 0.6 is 0 Å². The number of nitrogens with one attached hydrogen (secondary N) is 1. The summed E-state index contributed by atoms with van der Waals surface area (Å²) in [5, 5.41) is 11.7. The standard InChI is InChI=1S/C28H34N4O4/c1-35-21-7-8-22-23(13-21)29-27-24(16-33)32(25(34)15-30-9-11-36-12-10-30)19-28(26(22)27)17-31(18-28)14-20-5-3-2-4-6-20/h2-8,13,24,29,33H,9-12,14-19H2,1H3/t24-/m1/s1. The first-order chi connectivity index (χ1) is 17.6. The highest BCUT2D eigenvalue weighted by Crippen LogP contribution is 2.48. The minimum Gasteiger partial charge on any atom is -0.497 e. The number of hydrogen-bond acceptors (Lipinski definition) is 6. The molecule has 2 fully saturated rings. The highest BCUT2D eigenvalue weighted by atomic mass is 16.5. The lowest BCUT2D eigenvalue weighted by atomic mass is 9.68. The monoisotopic (exact) mass is 490 g/mol. The molecule has 3 aromatic rings. The first-order valence-electron chi connectivity index (χ1n) is 12.8. The van der Waals surface area contributed by atoms with Crippen molar-refractivity contribution in [2.75, 3.05) is 66.2 Å². The van der Waals surface area contributed by atoms with E-state index in [9.17, 15) is 9.90 Å². The summed E-state index contributed by atoms with van der Waals surface area (Å²) in [5.74, 6) is 0.856. The van der Waals surface area contributed by atoms with Crippen LogP contribution in [0.2, 0.25) is 0 Å². The lowest BCUT2D eigenvalue weighted by molar-refractivity contribution is -0.141. The summed E-state index contributed by atoms with van der Waals surface area (Å²) >= 11 is 0. The van der Waals surface area contributed by atoms with Crippen molar-refractivity contribution < 1.29 is 19.4 Å². The Kier molecular flexibility index (Phi) is 6.21. The highest BCUT2D eigenvalue weighted by Gasteiger charge is 2.53. The number of rotatable bonds is 6. The van der Waals surface area contributed by atoms with Crippen LogP contribution in [-0.2, 0) is 21.5 Å². The van der Waals surface area contributed by atoms with Gasteiger partial charge in [0.2, 0.25) is 5.91 Å². The van der Waals surface area contributed by atoms with Gasteiger partial charge in [-0.1, -0.05) is 30.3 Å². The van der Waals surface area contributed by atoms with Crippen LogP contribution in [-0.4, -0.2) is 96.9 Å². The number of carbonyl (C=O) groups is 1. The lowest BCUT2D eigenvalue weighted by Gasteiger charge is -2.56. The summed E-state index contributed by atoms with van der Waals surface area (Å²) in [4.78, 5) is 23.8. The van der Waals surface area contributed by atoms with Crippen LogP contribution in [0.5, 0.6) is 5.75 Å². The summed E-state index contributed by atoms with van der Waals surface area (Å²) in [6.07, 6.45) is 0. The van der Waals surface area contributed by atoms with E-state index in [4.69, 9.17) is 9.47 Å². The fraction of sp³-hybridized carbons (Fsp3) is 0.464. The van der Waals surface area contributed by atoms with Gasteiger partial charge in [-0.15, -0.1) is 0 Å². The molecule has 36 heavy (non-hydrogen) atoms. The first-order valence-corrected chi connectivity index (χ1v) is 12.8. The molecule has 6 rings (SSSR count). The van der Waals surface area contributed by atoms with Crippen LogP contribution in [0.1, 0.15) is 22.9 Å². The number of hydrogen-bond donors (Lipinski definition) is 2. The second kappa shape index (κ2) is 9.52. The van der Waals surface area contributed by atoms with Crippen molar-refractivity contribution in [2.24, 2.45) is 0 Å². The Morgan fingerprint density at radius 1 is 1.11 bits per heavy atom. The zero-order chi connectivity index (χ0) is 24.7. The largest absolute Gasteiger partial charge is 0.497 e. The Hall–Kier alpha value is -2.91. The molecule has 3 aliphatic heterocycles. The summed E-state index contributed by atoms with van der Waals surface area (Å²) in [5.41, 5.74) is 4.31. The number of amides is 1. The highest BCUT2D eigenvalue weighted by molar-refractivity contribution is 5.89. The predicted octanol–water partition coefficient (Wildman–Crippen LogP) is 2.14. The number of H-pyrrole nitrogens is 1. The number of likely N-dealkylation sites (tertiary alicyclic amines) is 1. The van der Waals surface area contributed by atoms with E-state index in [2.05, 4.69) is 45.1 Å². The van der Waals surface area contributed by atoms with E-state index in [1.54, 1.807) is 7.11 Å². The Bertz CT molecular complexity index is 1230. The van der Waals surface area contributed by atoms with E-state index in [0.717, 1.165) is 55.1 Å². The minimum absolute atomic E-state index is 0.0683. The smallest absolute Gasteiger partial charge is 0.237 e. The van der Waals surface area contributed by atoms with Gasteiger partial charge < -0.3 is 24.5 Å². The molecule has 0 bridgehead atoms. The quantitative estimate of drug-likeness (QED) is 0.551. The molecule has 190 valence electrons.